The number of unbranched alkanes of at least 4 members (excludes halogenated alkanes) is 1. The van der Waals surface area contributed by atoms with Crippen LogP contribution in [0.25, 0.3) is 0 Å². The standard InChI is InChI=1S/C15H31N/c1-12(7-4-5-9-14(3)16)11-15-10-6-8-13(15)2/h12-15H,4-11,16H2,1-3H3. The Balaban J connectivity index is 2.04. The van der Waals surface area contributed by atoms with Crippen LogP contribution < -0.4 is 5.73 Å². The molecule has 16 heavy (non-hydrogen) atoms. The Morgan fingerprint density at radius 3 is 2.38 bits per heavy atom. The average molecular weight is 225 g/mol. The molecule has 0 aromatic rings. The second-order valence-electron chi connectivity index (χ2n) is 6.27. The Kier molecular flexibility index (Phi) is 6.41. The van der Waals surface area contributed by atoms with Crippen molar-refractivity contribution < 1.29 is 0 Å². The van der Waals surface area contributed by atoms with E-state index < -0.39 is 0 Å². The van der Waals surface area contributed by atoms with Gasteiger partial charge in [-0.2, -0.15) is 0 Å². The lowest BCUT2D eigenvalue weighted by molar-refractivity contribution is 0.314. The number of hydrogen-bond acceptors (Lipinski definition) is 1. The van der Waals surface area contributed by atoms with Crippen LogP contribution in [0.4, 0.5) is 0 Å². The summed E-state index contributed by atoms with van der Waals surface area (Å²) in [6.07, 6.45) is 11.2. The summed E-state index contributed by atoms with van der Waals surface area (Å²) in [5.74, 6) is 2.95. The van der Waals surface area contributed by atoms with Gasteiger partial charge < -0.3 is 5.73 Å². The summed E-state index contributed by atoms with van der Waals surface area (Å²) in [6, 6.07) is 0.394. The molecule has 2 N–H and O–H groups in total. The van der Waals surface area contributed by atoms with Crippen LogP contribution in [-0.4, -0.2) is 6.04 Å². The molecule has 1 nitrogen and oxygen atoms in total. The van der Waals surface area contributed by atoms with Crippen molar-refractivity contribution >= 4 is 0 Å². The van der Waals surface area contributed by atoms with E-state index in [0.29, 0.717) is 6.04 Å². The van der Waals surface area contributed by atoms with Crippen molar-refractivity contribution in [1.82, 2.24) is 0 Å². The molecule has 1 aliphatic rings. The zero-order valence-corrected chi connectivity index (χ0v) is 11.5. The van der Waals surface area contributed by atoms with Crippen molar-refractivity contribution in [3.05, 3.63) is 0 Å². The van der Waals surface area contributed by atoms with Gasteiger partial charge in [-0.05, 0) is 37.5 Å². The van der Waals surface area contributed by atoms with Crippen molar-refractivity contribution in [3.63, 3.8) is 0 Å². The SMILES string of the molecule is CC(N)CCCCC(C)CC1CCCC1C. The van der Waals surface area contributed by atoms with Crippen LogP contribution in [0.15, 0.2) is 0 Å². The molecule has 1 fully saturated rings. The first kappa shape index (κ1) is 14.0. The molecule has 0 saturated heterocycles. The normalized spacial score (nSPS) is 29.2. The quantitative estimate of drug-likeness (QED) is 0.640. The van der Waals surface area contributed by atoms with E-state index in [2.05, 4.69) is 20.8 Å². The van der Waals surface area contributed by atoms with Crippen LogP contribution in [0.1, 0.15) is 72.1 Å². The minimum Gasteiger partial charge on any atom is -0.328 e. The van der Waals surface area contributed by atoms with E-state index in [-0.39, 0.29) is 0 Å². The van der Waals surface area contributed by atoms with E-state index in [1.807, 2.05) is 0 Å². The molecule has 1 heteroatoms. The molecule has 1 aliphatic carbocycles. The Morgan fingerprint density at radius 2 is 1.81 bits per heavy atom. The molecule has 4 atom stereocenters. The zero-order chi connectivity index (χ0) is 12.0. The summed E-state index contributed by atoms with van der Waals surface area (Å²) in [5.41, 5.74) is 5.76. The average Bonchev–Trinajstić information content (AvgIpc) is 2.59. The van der Waals surface area contributed by atoms with Crippen molar-refractivity contribution in [2.45, 2.75) is 78.2 Å². The highest BCUT2D eigenvalue weighted by Gasteiger charge is 2.24. The van der Waals surface area contributed by atoms with E-state index >= 15 is 0 Å². The Hall–Kier alpha value is -0.0400. The highest BCUT2D eigenvalue weighted by atomic mass is 14.6. The maximum atomic E-state index is 5.76. The van der Waals surface area contributed by atoms with Gasteiger partial charge in [0.05, 0.1) is 0 Å². The van der Waals surface area contributed by atoms with E-state index in [9.17, 15) is 0 Å². The highest BCUT2D eigenvalue weighted by Crippen LogP contribution is 2.36. The predicted octanol–water partition coefficient (Wildman–Crippen LogP) is 4.36. The fourth-order valence-corrected chi connectivity index (χ4v) is 3.17. The summed E-state index contributed by atoms with van der Waals surface area (Å²) in [7, 11) is 0. The van der Waals surface area contributed by atoms with Crippen LogP contribution in [0, 0.1) is 17.8 Å². The number of hydrogen-bond donors (Lipinski definition) is 1. The Morgan fingerprint density at radius 1 is 1.12 bits per heavy atom. The lowest BCUT2D eigenvalue weighted by atomic mass is 9.86. The van der Waals surface area contributed by atoms with E-state index in [1.165, 1.54) is 51.4 Å². The summed E-state index contributed by atoms with van der Waals surface area (Å²) >= 11 is 0. The second-order valence-corrected chi connectivity index (χ2v) is 6.27. The number of nitrogens with two attached hydrogens (primary N) is 1. The highest BCUT2D eigenvalue weighted by molar-refractivity contribution is 4.75. The Bertz CT molecular complexity index is 176. The fourth-order valence-electron chi connectivity index (χ4n) is 3.17. The van der Waals surface area contributed by atoms with Crippen LogP contribution in [0.5, 0.6) is 0 Å². The topological polar surface area (TPSA) is 26.0 Å². The van der Waals surface area contributed by atoms with Gasteiger partial charge in [-0.25, -0.2) is 0 Å². The molecule has 4 unspecified atom stereocenters. The lowest BCUT2D eigenvalue weighted by Crippen LogP contribution is -2.14. The van der Waals surface area contributed by atoms with Crippen molar-refractivity contribution in [3.8, 4) is 0 Å². The lowest BCUT2D eigenvalue weighted by Gasteiger charge is -2.20. The molecule has 0 bridgehead atoms. The maximum Gasteiger partial charge on any atom is 0.00104 e. The monoisotopic (exact) mass is 225 g/mol. The molecule has 0 aromatic carbocycles. The molecule has 0 heterocycles. The van der Waals surface area contributed by atoms with E-state index in [4.69, 9.17) is 5.73 Å². The molecule has 1 rings (SSSR count). The van der Waals surface area contributed by atoms with Crippen LogP contribution >= 0.6 is 0 Å². The van der Waals surface area contributed by atoms with Gasteiger partial charge in [0, 0.05) is 6.04 Å². The molecule has 0 radical (unpaired) electrons. The largest absolute Gasteiger partial charge is 0.328 e. The first-order valence-corrected chi connectivity index (χ1v) is 7.35. The van der Waals surface area contributed by atoms with Crippen molar-refractivity contribution in [2.75, 3.05) is 0 Å². The molecule has 0 amide bonds. The van der Waals surface area contributed by atoms with Gasteiger partial charge in [0.2, 0.25) is 0 Å². The molecule has 0 aliphatic heterocycles. The zero-order valence-electron chi connectivity index (χ0n) is 11.5. The van der Waals surface area contributed by atoms with Gasteiger partial charge in [-0.15, -0.1) is 0 Å². The first-order valence-electron chi connectivity index (χ1n) is 7.35. The minimum atomic E-state index is 0.394. The first-order chi connectivity index (χ1) is 7.59. The van der Waals surface area contributed by atoms with Gasteiger partial charge >= 0.3 is 0 Å². The summed E-state index contributed by atoms with van der Waals surface area (Å²) < 4.78 is 0. The minimum absolute atomic E-state index is 0.394. The van der Waals surface area contributed by atoms with Gasteiger partial charge in [-0.1, -0.05) is 52.4 Å². The molecular weight excluding hydrogens is 194 g/mol. The summed E-state index contributed by atoms with van der Waals surface area (Å²) in [4.78, 5) is 0. The summed E-state index contributed by atoms with van der Waals surface area (Å²) in [6.45, 7) is 7.00. The van der Waals surface area contributed by atoms with Crippen molar-refractivity contribution in [2.24, 2.45) is 23.5 Å². The fraction of sp³-hybridized carbons (Fsp3) is 1.00. The van der Waals surface area contributed by atoms with Crippen molar-refractivity contribution in [1.29, 1.82) is 0 Å². The third-order valence-corrected chi connectivity index (χ3v) is 4.35. The van der Waals surface area contributed by atoms with Crippen LogP contribution in [0.2, 0.25) is 0 Å². The third-order valence-electron chi connectivity index (χ3n) is 4.35. The van der Waals surface area contributed by atoms with Gasteiger partial charge in [0.25, 0.3) is 0 Å². The summed E-state index contributed by atoms with van der Waals surface area (Å²) in [5, 5.41) is 0. The van der Waals surface area contributed by atoms with Crippen LogP contribution in [-0.2, 0) is 0 Å². The molecule has 0 aromatic heterocycles. The predicted molar refractivity (Wildman–Crippen MR) is 72.4 cm³/mol. The van der Waals surface area contributed by atoms with E-state index in [0.717, 1.165) is 17.8 Å². The van der Waals surface area contributed by atoms with Gasteiger partial charge in [0.1, 0.15) is 0 Å². The van der Waals surface area contributed by atoms with E-state index in [1.54, 1.807) is 0 Å². The molecular formula is C15H31N. The molecule has 1 saturated carbocycles. The second kappa shape index (κ2) is 7.32. The Labute approximate surface area is 102 Å². The number of rotatable bonds is 7. The van der Waals surface area contributed by atoms with Gasteiger partial charge in [0.15, 0.2) is 0 Å². The van der Waals surface area contributed by atoms with Crippen LogP contribution in [0.3, 0.4) is 0 Å². The van der Waals surface area contributed by atoms with Gasteiger partial charge in [-0.3, -0.25) is 0 Å². The maximum absolute atomic E-state index is 5.76. The molecule has 0 spiro atoms. The third kappa shape index (κ3) is 5.34. The molecule has 96 valence electrons. The smallest absolute Gasteiger partial charge is 0.00104 e.